The Morgan fingerprint density at radius 3 is 2.82 bits per heavy atom. The zero-order valence-corrected chi connectivity index (χ0v) is 15.4. The van der Waals surface area contributed by atoms with E-state index in [-0.39, 0.29) is 17.9 Å². The summed E-state index contributed by atoms with van der Waals surface area (Å²) < 4.78 is 15.0. The number of benzene rings is 1. The van der Waals surface area contributed by atoms with Crippen LogP contribution in [0.2, 0.25) is 0 Å². The van der Waals surface area contributed by atoms with Crippen LogP contribution in [0, 0.1) is 0 Å². The van der Waals surface area contributed by atoms with Gasteiger partial charge in [-0.1, -0.05) is 18.2 Å². The smallest absolute Gasteiger partial charge is 0.351 e. The van der Waals surface area contributed by atoms with E-state index in [0.29, 0.717) is 35.5 Å². The molecule has 1 N–H and O–H groups in total. The van der Waals surface area contributed by atoms with E-state index in [9.17, 15) is 19.5 Å². The summed E-state index contributed by atoms with van der Waals surface area (Å²) in [4.78, 5) is 35.8. The molecule has 7 heteroatoms. The number of methoxy groups -OCH3 is 1. The number of fused-ring (bicyclic) bond motifs is 1. The van der Waals surface area contributed by atoms with Crippen molar-refractivity contribution in [3.05, 3.63) is 63.2 Å². The van der Waals surface area contributed by atoms with E-state index in [4.69, 9.17) is 9.15 Å². The van der Waals surface area contributed by atoms with Crippen molar-refractivity contribution in [2.75, 3.05) is 13.7 Å². The second kappa shape index (κ2) is 8.56. The van der Waals surface area contributed by atoms with Gasteiger partial charge in [-0.15, -0.1) is 0 Å². The van der Waals surface area contributed by atoms with Gasteiger partial charge in [-0.25, -0.2) is 9.59 Å². The van der Waals surface area contributed by atoms with Crippen LogP contribution in [0.4, 0.5) is 0 Å². The molecule has 1 aromatic carbocycles. The van der Waals surface area contributed by atoms with Crippen molar-refractivity contribution in [2.45, 2.75) is 25.7 Å². The van der Waals surface area contributed by atoms with Gasteiger partial charge in [0.15, 0.2) is 12.4 Å². The summed E-state index contributed by atoms with van der Waals surface area (Å²) in [5, 5.41) is 10.4. The zero-order valence-electron chi connectivity index (χ0n) is 15.4. The van der Waals surface area contributed by atoms with Gasteiger partial charge in [0.05, 0.1) is 7.11 Å². The van der Waals surface area contributed by atoms with Gasteiger partial charge in [0.2, 0.25) is 0 Å². The number of allylic oxidation sites excluding steroid dienone is 1. The molecule has 0 saturated carbocycles. The normalized spacial score (nSPS) is 13.2. The quantitative estimate of drug-likeness (QED) is 0.464. The highest BCUT2D eigenvalue weighted by molar-refractivity contribution is 6.08. The van der Waals surface area contributed by atoms with Crippen LogP contribution in [-0.2, 0) is 22.4 Å². The van der Waals surface area contributed by atoms with Crippen LogP contribution in [0.25, 0.3) is 6.08 Å². The number of aryl methyl sites for hydroxylation is 1. The first-order chi connectivity index (χ1) is 13.5. The van der Waals surface area contributed by atoms with Crippen LogP contribution < -0.4 is 10.4 Å². The molecule has 0 bridgehead atoms. The lowest BCUT2D eigenvalue weighted by atomic mass is 9.94. The molecule has 1 heterocycles. The molecule has 1 aliphatic rings. The predicted molar refractivity (Wildman–Crippen MR) is 101 cm³/mol. The Morgan fingerprint density at radius 2 is 2.04 bits per heavy atom. The van der Waals surface area contributed by atoms with Gasteiger partial charge in [-0.3, -0.25) is 4.79 Å². The van der Waals surface area contributed by atoms with Crippen LogP contribution in [0.5, 0.6) is 11.5 Å². The largest absolute Gasteiger partial charge is 0.506 e. The maximum Gasteiger partial charge on any atom is 0.351 e. The van der Waals surface area contributed by atoms with E-state index in [1.807, 2.05) is 0 Å². The minimum Gasteiger partial charge on any atom is -0.506 e. The van der Waals surface area contributed by atoms with Gasteiger partial charge in [-0.2, -0.15) is 0 Å². The van der Waals surface area contributed by atoms with E-state index < -0.39 is 17.4 Å². The van der Waals surface area contributed by atoms with Crippen LogP contribution in [0.15, 0.2) is 39.6 Å². The monoisotopic (exact) mass is 384 g/mol. The number of hydrogen-bond acceptors (Lipinski definition) is 7. The molecular formula is C21H20O7. The van der Waals surface area contributed by atoms with Gasteiger partial charge < -0.3 is 19.0 Å². The highest BCUT2D eigenvalue weighted by Gasteiger charge is 2.24. The van der Waals surface area contributed by atoms with Crippen LogP contribution in [-0.4, -0.2) is 30.6 Å². The van der Waals surface area contributed by atoms with E-state index in [2.05, 4.69) is 4.74 Å². The maximum atomic E-state index is 12.5. The lowest BCUT2D eigenvalue weighted by Crippen LogP contribution is -2.17. The van der Waals surface area contributed by atoms with E-state index in [1.165, 1.54) is 19.3 Å². The summed E-state index contributed by atoms with van der Waals surface area (Å²) >= 11 is 0. The summed E-state index contributed by atoms with van der Waals surface area (Å²) in [6, 6.07) is 6.71. The number of ether oxygens (including phenoxy) is 2. The standard InChI is InChI=1S/C21H20O7/c1-26-18(23)12-27-14-6-4-5-13(11-14)9-10-16(22)19-20(24)15-7-2-3-8-17(15)28-21(19)25/h4-6,9-11,24H,2-3,7-8,12H2,1H3/b10-9+. The third-order valence-electron chi connectivity index (χ3n) is 4.48. The van der Waals surface area contributed by atoms with Gasteiger partial charge in [-0.05, 0) is 43.0 Å². The number of aromatic hydroxyl groups is 1. The molecule has 3 rings (SSSR count). The first-order valence-corrected chi connectivity index (χ1v) is 8.89. The molecule has 7 nitrogen and oxygen atoms in total. The second-order valence-corrected chi connectivity index (χ2v) is 6.36. The predicted octanol–water partition coefficient (Wildman–Crippen LogP) is 2.67. The molecule has 0 aliphatic heterocycles. The van der Waals surface area contributed by atoms with E-state index >= 15 is 0 Å². The van der Waals surface area contributed by atoms with Crippen molar-refractivity contribution in [1.29, 1.82) is 0 Å². The summed E-state index contributed by atoms with van der Waals surface area (Å²) in [5.74, 6) is -0.539. The molecule has 0 fully saturated rings. The van der Waals surface area contributed by atoms with Crippen molar-refractivity contribution in [3.63, 3.8) is 0 Å². The fourth-order valence-corrected chi connectivity index (χ4v) is 3.03. The van der Waals surface area contributed by atoms with Crippen molar-refractivity contribution in [3.8, 4) is 11.5 Å². The Hall–Kier alpha value is -3.35. The number of ketones is 1. The van der Waals surface area contributed by atoms with E-state index in [0.717, 1.165) is 12.8 Å². The Balaban J connectivity index is 1.79. The topological polar surface area (TPSA) is 103 Å². The molecule has 28 heavy (non-hydrogen) atoms. The van der Waals surface area contributed by atoms with Gasteiger partial charge in [0, 0.05) is 12.0 Å². The average Bonchev–Trinajstić information content (AvgIpc) is 2.70. The summed E-state index contributed by atoms with van der Waals surface area (Å²) in [7, 11) is 1.27. The summed E-state index contributed by atoms with van der Waals surface area (Å²) in [6.07, 6.45) is 5.61. The number of hydrogen-bond donors (Lipinski definition) is 1. The lowest BCUT2D eigenvalue weighted by Gasteiger charge is -2.15. The van der Waals surface area contributed by atoms with Crippen molar-refractivity contribution < 1.29 is 28.6 Å². The summed E-state index contributed by atoms with van der Waals surface area (Å²) in [6.45, 7) is -0.230. The Kier molecular flexibility index (Phi) is 5.93. The minimum absolute atomic E-state index is 0.230. The van der Waals surface area contributed by atoms with Crippen LogP contribution in [0.3, 0.4) is 0 Å². The highest BCUT2D eigenvalue weighted by Crippen LogP contribution is 2.30. The molecule has 0 atom stereocenters. The molecule has 0 spiro atoms. The Bertz CT molecular complexity index is 985. The molecule has 0 radical (unpaired) electrons. The molecule has 0 unspecified atom stereocenters. The first kappa shape index (κ1) is 19.4. The number of esters is 1. The number of rotatable bonds is 6. The SMILES string of the molecule is COC(=O)COc1cccc(/C=C/C(=O)c2c(O)c3c(oc2=O)CCCC3)c1. The summed E-state index contributed by atoms with van der Waals surface area (Å²) in [5.41, 5.74) is -0.0173. The molecule has 1 aliphatic carbocycles. The third kappa shape index (κ3) is 4.31. The molecule has 146 valence electrons. The molecular weight excluding hydrogens is 364 g/mol. The lowest BCUT2D eigenvalue weighted by molar-refractivity contribution is -0.142. The molecule has 0 amide bonds. The van der Waals surface area contributed by atoms with Gasteiger partial charge in [0.1, 0.15) is 22.8 Å². The zero-order chi connectivity index (χ0) is 20.1. The molecule has 2 aromatic rings. The second-order valence-electron chi connectivity index (χ2n) is 6.36. The third-order valence-corrected chi connectivity index (χ3v) is 4.48. The number of carbonyl (C=O) groups excluding carboxylic acids is 2. The highest BCUT2D eigenvalue weighted by atomic mass is 16.6. The van der Waals surface area contributed by atoms with Crippen LogP contribution in [0.1, 0.15) is 40.1 Å². The van der Waals surface area contributed by atoms with Gasteiger partial charge in [0.25, 0.3) is 0 Å². The van der Waals surface area contributed by atoms with Gasteiger partial charge >= 0.3 is 11.6 Å². The maximum absolute atomic E-state index is 12.5. The fourth-order valence-electron chi connectivity index (χ4n) is 3.03. The Labute approximate surface area is 161 Å². The Morgan fingerprint density at radius 1 is 1.25 bits per heavy atom. The molecule has 0 saturated heterocycles. The molecule has 1 aromatic heterocycles. The average molecular weight is 384 g/mol. The van der Waals surface area contributed by atoms with E-state index in [1.54, 1.807) is 24.3 Å². The van der Waals surface area contributed by atoms with Crippen molar-refractivity contribution >= 4 is 17.8 Å². The number of carbonyl (C=O) groups is 2. The van der Waals surface area contributed by atoms with Crippen molar-refractivity contribution in [1.82, 2.24) is 0 Å². The van der Waals surface area contributed by atoms with Crippen LogP contribution >= 0.6 is 0 Å². The first-order valence-electron chi connectivity index (χ1n) is 8.89. The minimum atomic E-state index is -0.831. The fraction of sp³-hybridized carbons (Fsp3) is 0.286. The van der Waals surface area contributed by atoms with Crippen molar-refractivity contribution in [2.24, 2.45) is 0 Å².